The third-order valence-electron chi connectivity index (χ3n) is 5.58. The van der Waals surface area contributed by atoms with Crippen molar-refractivity contribution in [3.63, 3.8) is 0 Å². The molecule has 3 aromatic rings. The number of nitrogens with zero attached hydrogens (tertiary/aromatic N) is 1. The highest BCUT2D eigenvalue weighted by atomic mass is 19.0. The fourth-order valence-corrected chi connectivity index (χ4v) is 4.11. The second kappa shape index (κ2) is 9.09. The van der Waals surface area contributed by atoms with E-state index in [0.717, 1.165) is 53.7 Å². The van der Waals surface area contributed by atoms with Gasteiger partial charge in [-0.3, -0.25) is 14.3 Å². The second-order valence-corrected chi connectivity index (χ2v) is 7.44. The number of H-pyrrole nitrogens is 1. The first kappa shape index (κ1) is 20.7. The summed E-state index contributed by atoms with van der Waals surface area (Å²) >= 11 is 0. The Morgan fingerprint density at radius 1 is 1.16 bits per heavy atom. The predicted molar refractivity (Wildman–Crippen MR) is 122 cm³/mol. The van der Waals surface area contributed by atoms with Crippen molar-refractivity contribution >= 4 is 34.6 Å². The van der Waals surface area contributed by atoms with E-state index in [0.29, 0.717) is 11.3 Å². The Morgan fingerprint density at radius 2 is 1.90 bits per heavy atom. The monoisotopic (exact) mass is 425 g/mol. The van der Waals surface area contributed by atoms with Crippen molar-refractivity contribution in [2.45, 2.75) is 20.3 Å². The van der Waals surface area contributed by atoms with Crippen LogP contribution in [0.2, 0.25) is 0 Å². The molecule has 0 atom stereocenters. The number of piperidine rings is 1. The largest absolute Gasteiger partial charge is 0.354 e. The first-order valence-corrected chi connectivity index (χ1v) is 9.81. The number of hydrogen-bond acceptors (Lipinski definition) is 4. The Labute approximate surface area is 181 Å². The minimum absolute atomic E-state index is 0. The van der Waals surface area contributed by atoms with Crippen LogP contribution in [0.3, 0.4) is 0 Å². The lowest BCUT2D eigenvalue weighted by molar-refractivity contribution is -0.120. The molecule has 2 aliphatic heterocycles. The normalized spacial score (nSPS) is 15.6. The van der Waals surface area contributed by atoms with Crippen molar-refractivity contribution in [3.05, 3.63) is 53.6 Å². The van der Waals surface area contributed by atoms with E-state index in [1.165, 1.54) is 0 Å². The van der Waals surface area contributed by atoms with Crippen molar-refractivity contribution in [1.29, 1.82) is 1.45 Å². The van der Waals surface area contributed by atoms with Crippen LogP contribution in [0.5, 0.6) is 0 Å². The van der Waals surface area contributed by atoms with Gasteiger partial charge in [0.15, 0.2) is 0 Å². The van der Waals surface area contributed by atoms with Crippen LogP contribution < -0.4 is 16.1 Å². The van der Waals surface area contributed by atoms with Gasteiger partial charge < -0.3 is 15.6 Å². The molecule has 31 heavy (non-hydrogen) atoms. The second-order valence-electron chi connectivity index (χ2n) is 7.44. The molecule has 1 aromatic heterocycles. The van der Waals surface area contributed by atoms with Crippen LogP contribution in [0, 0.1) is 5.92 Å². The molecule has 0 saturated carbocycles. The molecule has 0 bridgehead atoms. The van der Waals surface area contributed by atoms with Crippen molar-refractivity contribution < 1.29 is 14.3 Å². The number of hydrogen-bond donors (Lipinski definition) is 4. The van der Waals surface area contributed by atoms with Gasteiger partial charge in [-0.15, -0.1) is 0 Å². The molecular weight excluding hydrogens is 397 g/mol. The van der Waals surface area contributed by atoms with E-state index in [-0.39, 0.29) is 25.2 Å². The number of halogens is 1. The summed E-state index contributed by atoms with van der Waals surface area (Å²) in [5.41, 5.74) is 7.21. The molecule has 7 nitrogen and oxygen atoms in total. The Morgan fingerprint density at radius 3 is 2.65 bits per heavy atom. The molecule has 5 rings (SSSR count). The Bertz CT molecular complexity index is 1140. The average molecular weight is 426 g/mol. The van der Waals surface area contributed by atoms with Crippen molar-refractivity contribution in [2.24, 2.45) is 11.0 Å². The van der Waals surface area contributed by atoms with Crippen LogP contribution in [0.1, 0.15) is 36.2 Å². The first-order valence-electron chi connectivity index (χ1n) is 10.2. The molecule has 8 heteroatoms. The standard InChI is InChI=1S/C22H21N5O2.CH4.FH/c28-21(14-6-8-23-9-7-14)25-15-10-16-19-17(12-24-27-22(16)29)20(26-18(19)11-15)13-4-2-1-3-5-13;;/h1-5,10-12,14,23,26H,6-9H2,(H,25,28)(H,27,29);1H4;1H/i/hT. The Hall–Kier alpha value is -3.52. The number of carbonyl (C=O) groups is 2. The van der Waals surface area contributed by atoms with Gasteiger partial charge in [0.05, 0.1) is 17.5 Å². The SMILES string of the molecule is C.O=C1NN=Cc2c(-c3ccccc3)[nH]c3cc(NC(=O)C4CCNCC4)cc1c23.[3H]F. The number of hydrazone groups is 1. The molecule has 4 N–H and O–H groups in total. The summed E-state index contributed by atoms with van der Waals surface area (Å²) in [5, 5.41) is 11.2. The summed E-state index contributed by atoms with van der Waals surface area (Å²) in [6.45, 7) is 1.70. The molecular formula is C23H26FN5O2. The molecule has 2 aliphatic rings. The molecule has 1 saturated heterocycles. The zero-order chi connectivity index (χ0) is 21.8. The lowest BCUT2D eigenvalue weighted by Crippen LogP contribution is -2.34. The molecule has 162 valence electrons. The maximum absolute atomic E-state index is 12.7. The summed E-state index contributed by atoms with van der Waals surface area (Å²) in [5.74, 6) is -0.303. The summed E-state index contributed by atoms with van der Waals surface area (Å²) in [6.07, 6.45) is 3.31. The van der Waals surface area contributed by atoms with Crippen LogP contribution in [0.25, 0.3) is 22.2 Å². The maximum Gasteiger partial charge on any atom is 0.272 e. The van der Waals surface area contributed by atoms with E-state index in [1.54, 1.807) is 12.3 Å². The molecule has 0 radical (unpaired) electrons. The number of amides is 2. The number of aromatic nitrogens is 1. The third-order valence-corrected chi connectivity index (χ3v) is 5.58. The van der Waals surface area contributed by atoms with Gasteiger partial charge >= 0.3 is 0 Å². The fourth-order valence-electron chi connectivity index (χ4n) is 4.11. The van der Waals surface area contributed by atoms with E-state index in [2.05, 4.69) is 27.6 Å². The molecule has 2 amide bonds. The first-order chi connectivity index (χ1) is 15.2. The maximum atomic E-state index is 12.7. The van der Waals surface area contributed by atoms with E-state index < -0.39 is 0 Å². The van der Waals surface area contributed by atoms with Crippen LogP contribution in [0.4, 0.5) is 10.4 Å². The fraction of sp³-hybridized carbons (Fsp3) is 0.261. The zero-order valence-electron chi connectivity index (χ0n) is 17.2. The topological polar surface area (TPSA) is 98.4 Å². The highest BCUT2D eigenvalue weighted by Crippen LogP contribution is 2.34. The van der Waals surface area contributed by atoms with Gasteiger partial charge in [-0.2, -0.15) is 5.10 Å². The molecule has 0 aliphatic carbocycles. The quantitative estimate of drug-likeness (QED) is 0.516. The Kier molecular flexibility index (Phi) is 6.08. The molecule has 0 unspecified atom stereocenters. The van der Waals surface area contributed by atoms with Gasteiger partial charge in [0.2, 0.25) is 5.91 Å². The van der Waals surface area contributed by atoms with Gasteiger partial charge in [-0.25, -0.2) is 5.43 Å². The van der Waals surface area contributed by atoms with Crippen molar-refractivity contribution in [3.8, 4) is 11.3 Å². The summed E-state index contributed by atoms with van der Waals surface area (Å²) in [4.78, 5) is 28.7. The van der Waals surface area contributed by atoms with Gasteiger partial charge in [0.25, 0.3) is 7.36 Å². The van der Waals surface area contributed by atoms with Crippen molar-refractivity contribution in [2.75, 3.05) is 18.4 Å². The van der Waals surface area contributed by atoms with E-state index >= 15 is 0 Å². The summed E-state index contributed by atoms with van der Waals surface area (Å²) in [6, 6.07) is 13.5. The van der Waals surface area contributed by atoms with Gasteiger partial charge in [-0.05, 0) is 43.6 Å². The van der Waals surface area contributed by atoms with E-state index in [4.69, 9.17) is 4.72 Å². The Balaban J connectivity index is 0.000000938. The van der Waals surface area contributed by atoms with Gasteiger partial charge in [-0.1, -0.05) is 37.8 Å². The predicted octanol–water partition coefficient (Wildman–Crippen LogP) is 3.64. The number of carbonyl (C=O) groups excluding carboxylic acids is 2. The minimum atomic E-state index is -0.290. The number of anilines is 1. The third kappa shape index (κ3) is 4.06. The summed E-state index contributed by atoms with van der Waals surface area (Å²) < 4.78 is 13.0. The van der Waals surface area contributed by atoms with Crippen LogP contribution >= 0.6 is 0 Å². The minimum Gasteiger partial charge on any atom is -0.354 e. The van der Waals surface area contributed by atoms with Gasteiger partial charge in [0.1, 0.15) is 0 Å². The van der Waals surface area contributed by atoms with Crippen LogP contribution in [-0.2, 0) is 4.79 Å². The lowest BCUT2D eigenvalue weighted by atomic mass is 9.97. The summed E-state index contributed by atoms with van der Waals surface area (Å²) in [7, 11) is 0. The molecule has 2 aromatic carbocycles. The van der Waals surface area contributed by atoms with Crippen molar-refractivity contribution in [1.82, 2.24) is 15.7 Å². The van der Waals surface area contributed by atoms with Crippen LogP contribution in [-0.4, -0.2) is 37.6 Å². The lowest BCUT2D eigenvalue weighted by Gasteiger charge is -2.21. The highest BCUT2D eigenvalue weighted by molar-refractivity contribution is 6.18. The van der Waals surface area contributed by atoms with Gasteiger partial charge in [0, 0.05) is 28.1 Å². The molecule has 1 fully saturated rings. The highest BCUT2D eigenvalue weighted by Gasteiger charge is 2.24. The average Bonchev–Trinajstić information content (AvgIpc) is 3.10. The zero-order valence-corrected chi connectivity index (χ0v) is 16.2. The number of rotatable bonds is 3. The number of benzene rings is 2. The molecule has 0 spiro atoms. The van der Waals surface area contributed by atoms with E-state index in [9.17, 15) is 9.59 Å². The number of aromatic amines is 1. The van der Waals surface area contributed by atoms with E-state index in [1.807, 2.05) is 36.4 Å². The number of nitrogens with one attached hydrogen (secondary N) is 4. The van der Waals surface area contributed by atoms with Crippen LogP contribution in [0.15, 0.2) is 47.6 Å². The molecule has 3 heterocycles. The smallest absolute Gasteiger partial charge is 0.272 e.